The third kappa shape index (κ3) is 13.8. The van der Waals surface area contributed by atoms with Gasteiger partial charge in [0.05, 0.1) is 42.2 Å². The van der Waals surface area contributed by atoms with E-state index in [4.69, 9.17) is 18.9 Å². The van der Waals surface area contributed by atoms with Crippen molar-refractivity contribution in [1.82, 2.24) is 0 Å². The number of hydrogen-bond donors (Lipinski definition) is 0. The highest BCUT2D eigenvalue weighted by molar-refractivity contribution is 4.92. The van der Waals surface area contributed by atoms with Crippen LogP contribution in [0, 0.1) is 34.5 Å². The van der Waals surface area contributed by atoms with Crippen LogP contribution in [-0.2, 0) is 18.9 Å². The molecular weight excluding hydrogens is 641 g/mol. The topological polar surface area (TPSA) is 36.9 Å². The van der Waals surface area contributed by atoms with Crippen LogP contribution in [0.15, 0.2) is 0 Å². The summed E-state index contributed by atoms with van der Waals surface area (Å²) in [5.74, 6) is 1.85. The summed E-state index contributed by atoms with van der Waals surface area (Å²) in [6, 6.07) is 0. The first kappa shape index (κ1) is 51.8. The molecule has 0 N–H and O–H groups in total. The van der Waals surface area contributed by atoms with Gasteiger partial charge >= 0.3 is 0 Å². The highest BCUT2D eigenvalue weighted by atomic mass is 16.5. The molecule has 0 bridgehead atoms. The molecule has 4 atom stereocenters. The molecule has 0 aromatic rings. The van der Waals surface area contributed by atoms with E-state index in [1.165, 1.54) is 25.7 Å². The first-order valence-corrected chi connectivity index (χ1v) is 23.0. The molecule has 0 aromatic heterocycles. The zero-order chi connectivity index (χ0) is 40.3. The van der Waals surface area contributed by atoms with Gasteiger partial charge in [0.2, 0.25) is 0 Å². The van der Waals surface area contributed by atoms with Gasteiger partial charge in [-0.1, -0.05) is 150 Å². The molecule has 0 aliphatic carbocycles. The van der Waals surface area contributed by atoms with Gasteiger partial charge in [0.1, 0.15) is 0 Å². The second-order valence-electron chi connectivity index (χ2n) is 18.1. The Labute approximate surface area is 328 Å². The summed E-state index contributed by atoms with van der Waals surface area (Å²) in [5.41, 5.74) is 0.239. The molecule has 52 heavy (non-hydrogen) atoms. The summed E-state index contributed by atoms with van der Waals surface area (Å²) in [7, 11) is 0. The number of rotatable bonds is 33. The summed E-state index contributed by atoms with van der Waals surface area (Å²) < 4.78 is 27.8. The fourth-order valence-corrected chi connectivity index (χ4v) is 9.18. The molecule has 0 saturated heterocycles. The van der Waals surface area contributed by atoms with E-state index in [0.29, 0.717) is 34.5 Å². The summed E-state index contributed by atoms with van der Waals surface area (Å²) in [6.07, 6.45) is 17.4. The van der Waals surface area contributed by atoms with E-state index in [1.54, 1.807) is 0 Å². The Morgan fingerprint density at radius 1 is 0.365 bits per heavy atom. The molecule has 0 saturated carbocycles. The molecule has 4 heteroatoms. The van der Waals surface area contributed by atoms with Crippen molar-refractivity contribution in [2.75, 3.05) is 26.4 Å². The van der Waals surface area contributed by atoms with Crippen LogP contribution in [0.25, 0.3) is 0 Å². The Balaban J connectivity index is 5.47. The lowest BCUT2D eigenvalue weighted by molar-refractivity contribution is -0.150. The second kappa shape index (κ2) is 24.5. The van der Waals surface area contributed by atoms with Gasteiger partial charge < -0.3 is 18.9 Å². The van der Waals surface area contributed by atoms with Crippen molar-refractivity contribution in [2.24, 2.45) is 34.5 Å². The van der Waals surface area contributed by atoms with Crippen LogP contribution in [-0.4, -0.2) is 48.8 Å². The van der Waals surface area contributed by atoms with E-state index in [1.807, 2.05) is 0 Å². The van der Waals surface area contributed by atoms with Gasteiger partial charge in [-0.2, -0.15) is 0 Å². The Hall–Kier alpha value is -0.160. The first-order valence-electron chi connectivity index (χ1n) is 23.0. The van der Waals surface area contributed by atoms with Gasteiger partial charge in [0.15, 0.2) is 0 Å². The molecule has 0 heterocycles. The maximum Gasteiger partial charge on any atom is 0.0724 e. The molecule has 0 aliphatic rings. The molecule has 0 radical (unpaired) electrons. The minimum absolute atomic E-state index is 0.0825. The van der Waals surface area contributed by atoms with E-state index < -0.39 is 0 Å². The van der Waals surface area contributed by atoms with Crippen LogP contribution in [0.5, 0.6) is 0 Å². The minimum atomic E-state index is -0.138. The van der Waals surface area contributed by atoms with Crippen molar-refractivity contribution < 1.29 is 18.9 Å². The number of unbranched alkanes of at least 4 members (excludes halogenated alkanes) is 1. The van der Waals surface area contributed by atoms with Crippen molar-refractivity contribution in [3.8, 4) is 0 Å². The molecule has 314 valence electrons. The van der Waals surface area contributed by atoms with Gasteiger partial charge in [-0.05, 0) is 106 Å². The summed E-state index contributed by atoms with van der Waals surface area (Å²) in [6.45, 7) is 45.5. The van der Waals surface area contributed by atoms with Gasteiger partial charge in [0, 0.05) is 12.5 Å². The summed E-state index contributed by atoms with van der Waals surface area (Å²) in [5, 5.41) is 0. The van der Waals surface area contributed by atoms with Crippen molar-refractivity contribution in [2.45, 2.75) is 250 Å². The van der Waals surface area contributed by atoms with Crippen LogP contribution >= 0.6 is 0 Å². The van der Waals surface area contributed by atoms with E-state index in [2.05, 4.69) is 125 Å². The molecule has 4 unspecified atom stereocenters. The van der Waals surface area contributed by atoms with Gasteiger partial charge in [-0.3, -0.25) is 0 Å². The maximum absolute atomic E-state index is 6.99. The zero-order valence-electron chi connectivity index (χ0n) is 39.1. The molecule has 0 amide bonds. The lowest BCUT2D eigenvalue weighted by atomic mass is 9.73. The van der Waals surface area contributed by atoms with Crippen molar-refractivity contribution in [1.29, 1.82) is 0 Å². The van der Waals surface area contributed by atoms with Crippen LogP contribution in [0.4, 0.5) is 0 Å². The molecule has 0 rings (SSSR count). The number of hydrogen-bond acceptors (Lipinski definition) is 4. The SMILES string of the molecule is CCC(CC)(CCCCOC(CC)(CC)CC(C)C(CC)(CC)OCC(C)C(C)(CC)CC)OCC(C)C(CC)(CC)OCC(C)C(C)(CC)CC. The third-order valence-electron chi connectivity index (χ3n) is 16.4. The maximum atomic E-state index is 6.99. The fraction of sp³-hybridized carbons (Fsp3) is 1.00. The van der Waals surface area contributed by atoms with E-state index in [-0.39, 0.29) is 22.4 Å². The zero-order valence-corrected chi connectivity index (χ0v) is 39.1. The lowest BCUT2D eigenvalue weighted by Gasteiger charge is -2.45. The van der Waals surface area contributed by atoms with Crippen molar-refractivity contribution in [3.05, 3.63) is 0 Å². The van der Waals surface area contributed by atoms with Gasteiger partial charge in [0.25, 0.3) is 0 Å². The third-order valence-corrected chi connectivity index (χ3v) is 16.4. The molecular formula is C48H98O4. The lowest BCUT2D eigenvalue weighted by Crippen LogP contribution is -2.45. The Morgan fingerprint density at radius 2 is 0.731 bits per heavy atom. The van der Waals surface area contributed by atoms with Crippen LogP contribution in [0.2, 0.25) is 0 Å². The standard InChI is InChI=1S/C48H98O4/c1-19-43(17,20-2)40(14)36-51-47(27-9,28-10)39(13)35-46(25-7,26-8)49-34-32-31-33-45(23-5,24-6)50-38-42(16)48(29-11,30-12)52-37-41(15)44(18,21-3)22-4/h39-42H,19-38H2,1-18H3. The predicted molar refractivity (Wildman–Crippen MR) is 230 cm³/mol. The van der Waals surface area contributed by atoms with E-state index in [0.717, 1.165) is 103 Å². The van der Waals surface area contributed by atoms with E-state index in [9.17, 15) is 0 Å². The average molecular weight is 739 g/mol. The van der Waals surface area contributed by atoms with E-state index >= 15 is 0 Å². The largest absolute Gasteiger partial charge is 0.375 e. The molecule has 0 spiro atoms. The average Bonchev–Trinajstić information content (AvgIpc) is 3.18. The quantitative estimate of drug-likeness (QED) is 0.0628. The second-order valence-corrected chi connectivity index (χ2v) is 18.1. The predicted octanol–water partition coefficient (Wildman–Crippen LogP) is 15.0. The summed E-state index contributed by atoms with van der Waals surface area (Å²) >= 11 is 0. The van der Waals surface area contributed by atoms with Crippen molar-refractivity contribution >= 4 is 0 Å². The Kier molecular flexibility index (Phi) is 24.4. The van der Waals surface area contributed by atoms with Crippen LogP contribution in [0.1, 0.15) is 227 Å². The van der Waals surface area contributed by atoms with Gasteiger partial charge in [-0.15, -0.1) is 0 Å². The monoisotopic (exact) mass is 739 g/mol. The normalized spacial score (nSPS) is 16.3. The Bertz CT molecular complexity index is 873. The minimum Gasteiger partial charge on any atom is -0.375 e. The van der Waals surface area contributed by atoms with Crippen LogP contribution in [0.3, 0.4) is 0 Å². The molecule has 0 fully saturated rings. The highest BCUT2D eigenvalue weighted by Crippen LogP contribution is 2.42. The highest BCUT2D eigenvalue weighted by Gasteiger charge is 2.42. The fourth-order valence-electron chi connectivity index (χ4n) is 9.18. The Morgan fingerprint density at radius 3 is 1.08 bits per heavy atom. The van der Waals surface area contributed by atoms with Crippen molar-refractivity contribution in [3.63, 3.8) is 0 Å². The summed E-state index contributed by atoms with van der Waals surface area (Å²) in [4.78, 5) is 0. The van der Waals surface area contributed by atoms with Gasteiger partial charge in [-0.25, -0.2) is 0 Å². The molecule has 4 nitrogen and oxygen atoms in total. The van der Waals surface area contributed by atoms with Crippen LogP contribution < -0.4 is 0 Å². The first-order chi connectivity index (χ1) is 24.4. The molecule has 0 aliphatic heterocycles. The molecule has 0 aromatic carbocycles. The number of ether oxygens (including phenoxy) is 4. The smallest absolute Gasteiger partial charge is 0.0724 e.